The summed E-state index contributed by atoms with van der Waals surface area (Å²) in [5, 5.41) is 12.2. The zero-order chi connectivity index (χ0) is 10.4. The van der Waals surface area contributed by atoms with Crippen molar-refractivity contribution in [3.8, 4) is 0 Å². The molecule has 1 aliphatic rings. The van der Waals surface area contributed by atoms with Crippen molar-refractivity contribution >= 4 is 6.09 Å². The van der Waals surface area contributed by atoms with Gasteiger partial charge in [-0.1, -0.05) is 25.5 Å². The highest BCUT2D eigenvalue weighted by Crippen LogP contribution is 2.18. The molecule has 4 nitrogen and oxygen atoms in total. The first-order valence-electron chi connectivity index (χ1n) is 4.96. The van der Waals surface area contributed by atoms with Crippen LogP contribution in [0.5, 0.6) is 0 Å². The lowest BCUT2D eigenvalue weighted by atomic mass is 9.93. The molecule has 0 aromatic heterocycles. The fourth-order valence-corrected chi connectivity index (χ4v) is 1.61. The van der Waals surface area contributed by atoms with E-state index in [0.717, 1.165) is 25.7 Å². The van der Waals surface area contributed by atoms with Crippen LogP contribution in [0.15, 0.2) is 12.7 Å². The van der Waals surface area contributed by atoms with E-state index in [9.17, 15) is 9.90 Å². The van der Waals surface area contributed by atoms with Gasteiger partial charge in [0.1, 0.15) is 6.61 Å². The summed E-state index contributed by atoms with van der Waals surface area (Å²) < 4.78 is 4.76. The molecule has 14 heavy (non-hydrogen) atoms. The van der Waals surface area contributed by atoms with Gasteiger partial charge in [-0.15, -0.1) is 0 Å². The molecule has 1 saturated carbocycles. The molecule has 0 saturated heterocycles. The minimum atomic E-state index is -0.476. The van der Waals surface area contributed by atoms with Crippen molar-refractivity contribution in [2.45, 2.75) is 37.8 Å². The van der Waals surface area contributed by atoms with Crippen LogP contribution in [-0.4, -0.2) is 30.0 Å². The third-order valence-corrected chi connectivity index (χ3v) is 2.37. The van der Waals surface area contributed by atoms with E-state index in [4.69, 9.17) is 4.74 Å². The van der Waals surface area contributed by atoms with Crippen LogP contribution in [0.25, 0.3) is 0 Å². The maximum absolute atomic E-state index is 11.1. The molecule has 1 amide bonds. The molecule has 0 unspecified atom stereocenters. The summed E-state index contributed by atoms with van der Waals surface area (Å²) in [4.78, 5) is 11.1. The van der Waals surface area contributed by atoms with Crippen molar-refractivity contribution in [2.75, 3.05) is 6.61 Å². The molecule has 0 spiro atoms. The number of hydrogen-bond donors (Lipinski definition) is 2. The Bertz CT molecular complexity index is 206. The first kappa shape index (κ1) is 11.0. The van der Waals surface area contributed by atoms with Crippen molar-refractivity contribution in [3.05, 3.63) is 12.7 Å². The van der Waals surface area contributed by atoms with E-state index in [1.54, 1.807) is 0 Å². The molecule has 1 aliphatic carbocycles. The summed E-state index contributed by atoms with van der Waals surface area (Å²) in [6, 6.07) is -0.152. The maximum atomic E-state index is 11.1. The van der Waals surface area contributed by atoms with E-state index >= 15 is 0 Å². The zero-order valence-electron chi connectivity index (χ0n) is 8.24. The van der Waals surface area contributed by atoms with Crippen molar-refractivity contribution in [3.63, 3.8) is 0 Å². The average Bonchev–Trinajstić information content (AvgIpc) is 2.18. The summed E-state index contributed by atoms with van der Waals surface area (Å²) >= 11 is 0. The van der Waals surface area contributed by atoms with Gasteiger partial charge in [-0.25, -0.2) is 4.79 Å². The Morgan fingerprint density at radius 3 is 2.93 bits per heavy atom. The summed E-state index contributed by atoms with van der Waals surface area (Å²) in [5.74, 6) is 0. The Morgan fingerprint density at radius 1 is 1.57 bits per heavy atom. The Balaban J connectivity index is 2.27. The molecular formula is C10H17NO3. The van der Waals surface area contributed by atoms with Crippen LogP contribution in [0.1, 0.15) is 25.7 Å². The molecule has 0 radical (unpaired) electrons. The molecule has 0 bridgehead atoms. The van der Waals surface area contributed by atoms with Crippen LogP contribution in [0, 0.1) is 0 Å². The van der Waals surface area contributed by atoms with Gasteiger partial charge in [0, 0.05) is 0 Å². The highest BCUT2D eigenvalue weighted by molar-refractivity contribution is 5.67. The van der Waals surface area contributed by atoms with Crippen LogP contribution < -0.4 is 5.32 Å². The second-order valence-corrected chi connectivity index (χ2v) is 3.49. The minimum absolute atomic E-state index is 0.152. The van der Waals surface area contributed by atoms with Gasteiger partial charge >= 0.3 is 6.09 Å². The van der Waals surface area contributed by atoms with Crippen LogP contribution >= 0.6 is 0 Å². The van der Waals surface area contributed by atoms with Gasteiger partial charge in [-0.05, 0) is 12.8 Å². The van der Waals surface area contributed by atoms with Gasteiger partial charge < -0.3 is 15.2 Å². The third kappa shape index (κ3) is 3.38. The van der Waals surface area contributed by atoms with E-state index in [0.29, 0.717) is 0 Å². The number of aliphatic hydroxyl groups excluding tert-OH is 1. The van der Waals surface area contributed by atoms with Gasteiger partial charge in [-0.3, -0.25) is 0 Å². The van der Waals surface area contributed by atoms with Gasteiger partial charge in [0.25, 0.3) is 0 Å². The maximum Gasteiger partial charge on any atom is 0.407 e. The summed E-state index contributed by atoms with van der Waals surface area (Å²) in [6.07, 6.45) is 4.26. The number of nitrogens with one attached hydrogen (secondary N) is 1. The second kappa shape index (κ2) is 5.65. The van der Waals surface area contributed by atoms with Crippen LogP contribution in [0.2, 0.25) is 0 Å². The Hall–Kier alpha value is -1.03. The van der Waals surface area contributed by atoms with E-state index in [1.807, 2.05) is 0 Å². The number of amides is 1. The normalized spacial score (nSPS) is 26.6. The number of carbonyl (C=O) groups excluding carboxylic acids is 1. The molecule has 2 N–H and O–H groups in total. The van der Waals surface area contributed by atoms with Gasteiger partial charge in [0.05, 0.1) is 12.1 Å². The lowest BCUT2D eigenvalue weighted by molar-refractivity contribution is 0.0823. The van der Waals surface area contributed by atoms with Crippen LogP contribution in [0.4, 0.5) is 4.79 Å². The first-order chi connectivity index (χ1) is 6.74. The summed E-state index contributed by atoms with van der Waals surface area (Å²) in [7, 11) is 0. The highest BCUT2D eigenvalue weighted by atomic mass is 16.5. The quantitative estimate of drug-likeness (QED) is 0.671. The molecule has 80 valence electrons. The van der Waals surface area contributed by atoms with Crippen molar-refractivity contribution < 1.29 is 14.6 Å². The largest absolute Gasteiger partial charge is 0.445 e. The molecule has 0 aromatic rings. The number of rotatable bonds is 3. The fourth-order valence-electron chi connectivity index (χ4n) is 1.61. The first-order valence-corrected chi connectivity index (χ1v) is 4.96. The number of alkyl carbamates (subject to hydrolysis) is 1. The van der Waals surface area contributed by atoms with Gasteiger partial charge in [0.15, 0.2) is 0 Å². The molecule has 0 aliphatic heterocycles. The highest BCUT2D eigenvalue weighted by Gasteiger charge is 2.24. The van der Waals surface area contributed by atoms with Gasteiger partial charge in [0.2, 0.25) is 0 Å². The van der Waals surface area contributed by atoms with E-state index in [1.165, 1.54) is 6.08 Å². The smallest absolute Gasteiger partial charge is 0.407 e. The third-order valence-electron chi connectivity index (χ3n) is 2.37. The van der Waals surface area contributed by atoms with E-state index < -0.39 is 12.2 Å². The summed E-state index contributed by atoms with van der Waals surface area (Å²) in [6.45, 7) is 3.64. The molecular weight excluding hydrogens is 182 g/mol. The van der Waals surface area contributed by atoms with E-state index in [-0.39, 0.29) is 12.6 Å². The zero-order valence-corrected chi connectivity index (χ0v) is 8.24. The van der Waals surface area contributed by atoms with Crippen molar-refractivity contribution in [2.24, 2.45) is 0 Å². The van der Waals surface area contributed by atoms with Crippen LogP contribution in [-0.2, 0) is 4.74 Å². The number of aliphatic hydroxyl groups is 1. The predicted molar refractivity (Wildman–Crippen MR) is 52.9 cm³/mol. The van der Waals surface area contributed by atoms with Crippen LogP contribution in [0.3, 0.4) is 0 Å². The molecule has 2 atom stereocenters. The molecule has 0 aromatic carbocycles. The lowest BCUT2D eigenvalue weighted by Crippen LogP contribution is -2.45. The average molecular weight is 199 g/mol. The number of ether oxygens (including phenoxy) is 1. The molecule has 1 fully saturated rings. The second-order valence-electron chi connectivity index (χ2n) is 3.49. The van der Waals surface area contributed by atoms with E-state index in [2.05, 4.69) is 11.9 Å². The van der Waals surface area contributed by atoms with Crippen molar-refractivity contribution in [1.82, 2.24) is 5.32 Å². The lowest BCUT2D eigenvalue weighted by Gasteiger charge is -2.27. The Kier molecular flexibility index (Phi) is 4.46. The minimum Gasteiger partial charge on any atom is -0.445 e. The number of hydrogen-bond acceptors (Lipinski definition) is 3. The Labute approximate surface area is 83.9 Å². The van der Waals surface area contributed by atoms with Crippen molar-refractivity contribution in [1.29, 1.82) is 0 Å². The number of carbonyl (C=O) groups is 1. The predicted octanol–water partition coefficient (Wildman–Crippen LogP) is 1.20. The topological polar surface area (TPSA) is 58.6 Å². The summed E-state index contributed by atoms with van der Waals surface area (Å²) in [5.41, 5.74) is 0. The standard InChI is InChI=1S/C10H17NO3/c1-2-7-14-10(13)11-8-5-3-4-6-9(8)12/h2,8-9,12H,1,3-7H2,(H,11,13)/t8-,9-/m1/s1. The SMILES string of the molecule is C=CCOC(=O)N[C@@H]1CCCC[C@H]1O. The molecule has 4 heteroatoms. The van der Waals surface area contributed by atoms with Gasteiger partial charge in [-0.2, -0.15) is 0 Å². The molecule has 0 heterocycles. The molecule has 1 rings (SSSR count). The Morgan fingerprint density at radius 2 is 2.29 bits per heavy atom. The monoisotopic (exact) mass is 199 g/mol. The fraction of sp³-hybridized carbons (Fsp3) is 0.700.